The number of amides is 1. The number of carbonyl (C=O) groups excluding carboxylic acids is 2. The Bertz CT molecular complexity index is 678. The fraction of sp³-hybridized carbons (Fsp3) is 0.529. The van der Waals surface area contributed by atoms with E-state index in [0.717, 1.165) is 19.4 Å². The van der Waals surface area contributed by atoms with Crippen molar-refractivity contribution in [3.63, 3.8) is 0 Å². The van der Waals surface area contributed by atoms with Crippen molar-refractivity contribution in [3.8, 4) is 0 Å². The molecule has 2 rings (SSSR count). The molecule has 1 fully saturated rings. The molecule has 1 saturated carbocycles. The SMILES string of the molecule is CCOC(=O)CCN(CC(=O)Nc1ccc(Cl)cc1[N+](=O)[O-])CC1CC1. The molecule has 0 spiro atoms. The van der Waals surface area contributed by atoms with Crippen molar-refractivity contribution < 1.29 is 19.2 Å². The second kappa shape index (κ2) is 9.49. The predicted molar refractivity (Wildman–Crippen MR) is 97.2 cm³/mol. The van der Waals surface area contributed by atoms with Gasteiger partial charge in [-0.15, -0.1) is 0 Å². The minimum atomic E-state index is -0.593. The summed E-state index contributed by atoms with van der Waals surface area (Å²) in [6.07, 6.45) is 2.43. The molecule has 1 aliphatic rings. The van der Waals surface area contributed by atoms with Crippen molar-refractivity contribution in [1.29, 1.82) is 0 Å². The van der Waals surface area contributed by atoms with E-state index in [1.54, 1.807) is 6.92 Å². The highest BCUT2D eigenvalue weighted by Crippen LogP contribution is 2.30. The van der Waals surface area contributed by atoms with E-state index in [0.29, 0.717) is 19.1 Å². The van der Waals surface area contributed by atoms with E-state index >= 15 is 0 Å². The summed E-state index contributed by atoms with van der Waals surface area (Å²) in [6.45, 7) is 3.24. The van der Waals surface area contributed by atoms with Gasteiger partial charge in [0.05, 0.1) is 24.5 Å². The average Bonchev–Trinajstić information content (AvgIpc) is 3.38. The molecule has 0 atom stereocenters. The van der Waals surface area contributed by atoms with Gasteiger partial charge in [0.1, 0.15) is 5.69 Å². The van der Waals surface area contributed by atoms with Gasteiger partial charge >= 0.3 is 5.97 Å². The normalized spacial score (nSPS) is 13.5. The zero-order chi connectivity index (χ0) is 19.1. The third-order valence-electron chi connectivity index (χ3n) is 3.95. The molecule has 0 unspecified atom stereocenters. The van der Waals surface area contributed by atoms with Crippen LogP contribution in [-0.4, -0.2) is 47.9 Å². The van der Waals surface area contributed by atoms with Crippen LogP contribution in [0.3, 0.4) is 0 Å². The zero-order valence-electron chi connectivity index (χ0n) is 14.6. The Morgan fingerprint density at radius 2 is 2.15 bits per heavy atom. The molecule has 26 heavy (non-hydrogen) atoms. The number of nitro groups is 1. The van der Waals surface area contributed by atoms with Crippen LogP contribution < -0.4 is 5.32 Å². The van der Waals surface area contributed by atoms with Crippen LogP contribution in [0.15, 0.2) is 18.2 Å². The molecule has 0 saturated heterocycles. The number of nitrogens with zero attached hydrogens (tertiary/aromatic N) is 2. The molecule has 0 radical (unpaired) electrons. The maximum atomic E-state index is 12.3. The number of nitrogens with one attached hydrogen (secondary N) is 1. The fourth-order valence-electron chi connectivity index (χ4n) is 2.54. The zero-order valence-corrected chi connectivity index (χ0v) is 15.3. The van der Waals surface area contributed by atoms with E-state index in [1.165, 1.54) is 18.2 Å². The van der Waals surface area contributed by atoms with E-state index < -0.39 is 4.92 Å². The van der Waals surface area contributed by atoms with Crippen LogP contribution in [0.5, 0.6) is 0 Å². The summed E-state index contributed by atoms with van der Waals surface area (Å²) >= 11 is 5.77. The largest absolute Gasteiger partial charge is 0.466 e. The van der Waals surface area contributed by atoms with Gasteiger partial charge in [-0.05, 0) is 37.8 Å². The molecule has 1 aliphatic carbocycles. The van der Waals surface area contributed by atoms with Crippen molar-refractivity contribution in [2.24, 2.45) is 5.92 Å². The van der Waals surface area contributed by atoms with Gasteiger partial charge in [0.15, 0.2) is 0 Å². The number of ether oxygens (including phenoxy) is 1. The number of benzene rings is 1. The van der Waals surface area contributed by atoms with Crippen LogP contribution in [0.2, 0.25) is 5.02 Å². The lowest BCUT2D eigenvalue weighted by Crippen LogP contribution is -2.36. The lowest BCUT2D eigenvalue weighted by atomic mass is 10.2. The third kappa shape index (κ3) is 6.61. The van der Waals surface area contributed by atoms with Crippen LogP contribution >= 0.6 is 11.6 Å². The number of hydrogen-bond acceptors (Lipinski definition) is 6. The van der Waals surface area contributed by atoms with E-state index in [-0.39, 0.29) is 41.2 Å². The number of esters is 1. The first-order chi connectivity index (χ1) is 12.4. The van der Waals surface area contributed by atoms with Crippen molar-refractivity contribution in [3.05, 3.63) is 33.3 Å². The van der Waals surface area contributed by atoms with Crippen LogP contribution in [0.1, 0.15) is 26.2 Å². The highest BCUT2D eigenvalue weighted by atomic mass is 35.5. The van der Waals surface area contributed by atoms with Gasteiger partial charge < -0.3 is 10.1 Å². The van der Waals surface area contributed by atoms with Gasteiger partial charge in [0, 0.05) is 24.2 Å². The molecule has 1 N–H and O–H groups in total. The lowest BCUT2D eigenvalue weighted by molar-refractivity contribution is -0.383. The van der Waals surface area contributed by atoms with Crippen LogP contribution in [-0.2, 0) is 14.3 Å². The lowest BCUT2D eigenvalue weighted by Gasteiger charge is -2.21. The van der Waals surface area contributed by atoms with Gasteiger partial charge in [0.2, 0.25) is 5.91 Å². The monoisotopic (exact) mass is 383 g/mol. The molecule has 1 aromatic rings. The van der Waals surface area contributed by atoms with E-state index in [9.17, 15) is 19.7 Å². The van der Waals surface area contributed by atoms with Crippen molar-refractivity contribution >= 4 is 34.9 Å². The Balaban J connectivity index is 1.96. The average molecular weight is 384 g/mol. The number of hydrogen-bond donors (Lipinski definition) is 1. The quantitative estimate of drug-likeness (QED) is 0.378. The second-order valence-corrected chi connectivity index (χ2v) is 6.64. The Kier molecular flexibility index (Phi) is 7.35. The molecule has 1 aromatic carbocycles. The molecule has 142 valence electrons. The molecule has 0 bridgehead atoms. The van der Waals surface area contributed by atoms with E-state index in [4.69, 9.17) is 16.3 Å². The minimum absolute atomic E-state index is 0.0513. The molecule has 9 heteroatoms. The summed E-state index contributed by atoms with van der Waals surface area (Å²) in [5, 5.41) is 13.9. The standard InChI is InChI=1S/C17H22ClN3O5/c1-2-26-17(23)7-8-20(10-12-3-4-12)11-16(22)19-14-6-5-13(18)9-15(14)21(24)25/h5-6,9,12H,2-4,7-8,10-11H2,1H3,(H,19,22). The second-order valence-electron chi connectivity index (χ2n) is 6.20. The maximum absolute atomic E-state index is 12.3. The Labute approximate surface area is 156 Å². The Morgan fingerprint density at radius 3 is 2.77 bits per heavy atom. The number of rotatable bonds is 10. The summed E-state index contributed by atoms with van der Waals surface area (Å²) in [5.74, 6) is -0.142. The smallest absolute Gasteiger partial charge is 0.307 e. The predicted octanol–water partition coefficient (Wildman–Crippen LogP) is 2.85. The summed E-state index contributed by atoms with van der Waals surface area (Å²) in [4.78, 5) is 36.3. The first kappa shape index (κ1) is 20.1. The first-order valence-corrected chi connectivity index (χ1v) is 8.88. The summed E-state index contributed by atoms with van der Waals surface area (Å²) in [7, 11) is 0. The molecular weight excluding hydrogens is 362 g/mol. The third-order valence-corrected chi connectivity index (χ3v) is 4.18. The van der Waals surface area contributed by atoms with Gasteiger partial charge in [-0.2, -0.15) is 0 Å². The number of anilines is 1. The topological polar surface area (TPSA) is 102 Å². The summed E-state index contributed by atoms with van der Waals surface area (Å²) in [5.41, 5.74) is -0.160. The van der Waals surface area contributed by atoms with Crippen LogP contribution in [0.25, 0.3) is 0 Å². The van der Waals surface area contributed by atoms with Gasteiger partial charge in [-0.3, -0.25) is 24.6 Å². The highest BCUT2D eigenvalue weighted by molar-refractivity contribution is 6.31. The van der Waals surface area contributed by atoms with Crippen LogP contribution in [0.4, 0.5) is 11.4 Å². The molecule has 0 aliphatic heterocycles. The van der Waals surface area contributed by atoms with Gasteiger partial charge in [0.25, 0.3) is 5.69 Å². The van der Waals surface area contributed by atoms with Gasteiger partial charge in [-0.1, -0.05) is 11.6 Å². The number of halogens is 1. The molecular formula is C17H22ClN3O5. The first-order valence-electron chi connectivity index (χ1n) is 8.50. The Hall–Kier alpha value is -2.19. The maximum Gasteiger partial charge on any atom is 0.307 e. The minimum Gasteiger partial charge on any atom is -0.466 e. The molecule has 0 aromatic heterocycles. The van der Waals surface area contributed by atoms with Crippen molar-refractivity contribution in [2.75, 3.05) is 31.6 Å². The molecule has 1 amide bonds. The summed E-state index contributed by atoms with van der Waals surface area (Å²) < 4.78 is 4.91. The van der Waals surface area contributed by atoms with Gasteiger partial charge in [-0.25, -0.2) is 0 Å². The van der Waals surface area contributed by atoms with Crippen molar-refractivity contribution in [2.45, 2.75) is 26.2 Å². The summed E-state index contributed by atoms with van der Waals surface area (Å²) in [6, 6.07) is 4.08. The number of nitro benzene ring substituents is 1. The van der Waals surface area contributed by atoms with E-state index in [1.807, 2.05) is 4.90 Å². The van der Waals surface area contributed by atoms with E-state index in [2.05, 4.69) is 5.32 Å². The number of carbonyl (C=O) groups is 2. The Morgan fingerprint density at radius 1 is 1.42 bits per heavy atom. The van der Waals surface area contributed by atoms with Crippen LogP contribution in [0, 0.1) is 16.0 Å². The fourth-order valence-corrected chi connectivity index (χ4v) is 2.70. The molecule has 0 heterocycles. The highest BCUT2D eigenvalue weighted by Gasteiger charge is 2.26. The molecule has 8 nitrogen and oxygen atoms in total. The van der Waals surface area contributed by atoms with Crippen molar-refractivity contribution in [1.82, 2.24) is 4.90 Å².